The molecule has 18 heavy (non-hydrogen) atoms. The van der Waals surface area contributed by atoms with Crippen LogP contribution >= 0.6 is 11.8 Å². The lowest BCUT2D eigenvalue weighted by Gasteiger charge is -2.35. The van der Waals surface area contributed by atoms with E-state index in [1.165, 1.54) is 0 Å². The molecule has 0 spiro atoms. The van der Waals surface area contributed by atoms with Crippen LogP contribution in [0.4, 0.5) is 4.79 Å². The van der Waals surface area contributed by atoms with Gasteiger partial charge in [0.05, 0.1) is 0 Å². The summed E-state index contributed by atoms with van der Waals surface area (Å²) in [6.07, 6.45) is 1.57. The van der Waals surface area contributed by atoms with Crippen LogP contribution in [0.25, 0.3) is 0 Å². The molecule has 2 unspecified atom stereocenters. The zero-order valence-electron chi connectivity index (χ0n) is 11.7. The van der Waals surface area contributed by atoms with Crippen molar-refractivity contribution in [2.45, 2.75) is 44.9 Å². The summed E-state index contributed by atoms with van der Waals surface area (Å²) in [5.41, 5.74) is 0. The molecule has 0 radical (unpaired) electrons. The molecule has 2 atom stereocenters. The Labute approximate surface area is 115 Å². The highest BCUT2D eigenvalue weighted by Gasteiger charge is 2.26. The van der Waals surface area contributed by atoms with E-state index in [2.05, 4.69) is 19.2 Å². The van der Waals surface area contributed by atoms with E-state index in [4.69, 9.17) is 5.11 Å². The number of nitrogens with one attached hydrogen (secondary N) is 1. The number of aliphatic hydroxyl groups is 1. The third-order valence-corrected chi connectivity index (χ3v) is 4.83. The van der Waals surface area contributed by atoms with Crippen LogP contribution in [0.3, 0.4) is 0 Å². The average molecular weight is 274 g/mol. The fraction of sp³-hybridized carbons (Fsp3) is 0.923. The second-order valence-electron chi connectivity index (χ2n) is 5.32. The summed E-state index contributed by atoms with van der Waals surface area (Å²) in [6.45, 7) is 8.29. The quantitative estimate of drug-likeness (QED) is 0.805. The van der Waals surface area contributed by atoms with Crippen LogP contribution in [0.5, 0.6) is 0 Å². The maximum atomic E-state index is 12.1. The Balaban J connectivity index is 2.36. The molecule has 2 amide bonds. The molecule has 106 valence electrons. The first-order chi connectivity index (χ1) is 8.54. The van der Waals surface area contributed by atoms with Gasteiger partial charge in [0.15, 0.2) is 0 Å². The van der Waals surface area contributed by atoms with Crippen LogP contribution < -0.4 is 5.32 Å². The normalized spacial score (nSPS) is 22.1. The Morgan fingerprint density at radius 3 is 2.83 bits per heavy atom. The summed E-state index contributed by atoms with van der Waals surface area (Å²) in [7, 11) is 0. The van der Waals surface area contributed by atoms with Crippen molar-refractivity contribution in [3.63, 3.8) is 0 Å². The number of hydrogen-bond acceptors (Lipinski definition) is 3. The summed E-state index contributed by atoms with van der Waals surface area (Å²) in [5.74, 6) is 1.64. The Kier molecular flexibility index (Phi) is 6.86. The summed E-state index contributed by atoms with van der Waals surface area (Å²) in [4.78, 5) is 14.0. The number of carbonyl (C=O) groups excluding carboxylic acids is 1. The first-order valence-electron chi connectivity index (χ1n) is 6.82. The second kappa shape index (κ2) is 7.89. The number of urea groups is 1. The highest BCUT2D eigenvalue weighted by atomic mass is 32.2. The van der Waals surface area contributed by atoms with E-state index in [9.17, 15) is 4.79 Å². The SMILES string of the molecule is CC(CCCO)NC(=O)N1CCSC(C(C)C)C1. The van der Waals surface area contributed by atoms with Crippen LogP contribution in [-0.4, -0.2) is 52.8 Å². The number of aliphatic hydroxyl groups excluding tert-OH is 1. The molecule has 0 aromatic rings. The summed E-state index contributed by atoms with van der Waals surface area (Å²) >= 11 is 1.97. The minimum absolute atomic E-state index is 0.0476. The Morgan fingerprint density at radius 1 is 1.50 bits per heavy atom. The first kappa shape index (κ1) is 15.6. The van der Waals surface area contributed by atoms with Gasteiger partial charge in [-0.15, -0.1) is 0 Å². The van der Waals surface area contributed by atoms with Gasteiger partial charge in [0.2, 0.25) is 0 Å². The molecule has 1 heterocycles. The van der Waals surface area contributed by atoms with Gasteiger partial charge in [-0.2, -0.15) is 11.8 Å². The topological polar surface area (TPSA) is 52.6 Å². The van der Waals surface area contributed by atoms with Crippen molar-refractivity contribution < 1.29 is 9.90 Å². The molecule has 2 N–H and O–H groups in total. The van der Waals surface area contributed by atoms with Crippen molar-refractivity contribution in [2.24, 2.45) is 5.92 Å². The molecule has 0 aromatic heterocycles. The van der Waals surface area contributed by atoms with Crippen molar-refractivity contribution in [2.75, 3.05) is 25.4 Å². The van der Waals surface area contributed by atoms with E-state index in [0.29, 0.717) is 11.2 Å². The maximum absolute atomic E-state index is 12.1. The van der Waals surface area contributed by atoms with Gasteiger partial charge in [0.25, 0.3) is 0 Å². The number of amides is 2. The Morgan fingerprint density at radius 2 is 2.22 bits per heavy atom. The number of thioether (sulfide) groups is 1. The van der Waals surface area contributed by atoms with E-state index in [1.807, 2.05) is 23.6 Å². The van der Waals surface area contributed by atoms with Crippen molar-refractivity contribution in [1.82, 2.24) is 10.2 Å². The minimum atomic E-state index is 0.0476. The van der Waals surface area contributed by atoms with Crippen LogP contribution in [0, 0.1) is 5.92 Å². The molecule has 1 rings (SSSR count). The van der Waals surface area contributed by atoms with Crippen LogP contribution in [0.1, 0.15) is 33.6 Å². The van der Waals surface area contributed by atoms with E-state index >= 15 is 0 Å². The fourth-order valence-electron chi connectivity index (χ4n) is 2.03. The number of hydrogen-bond donors (Lipinski definition) is 2. The summed E-state index contributed by atoms with van der Waals surface area (Å²) in [6, 6.07) is 0.183. The summed E-state index contributed by atoms with van der Waals surface area (Å²) < 4.78 is 0. The van der Waals surface area contributed by atoms with Gasteiger partial charge in [0.1, 0.15) is 0 Å². The fourth-order valence-corrected chi connectivity index (χ4v) is 3.33. The third-order valence-electron chi connectivity index (χ3n) is 3.29. The molecule has 0 aliphatic carbocycles. The third kappa shape index (κ3) is 5.06. The molecular weight excluding hydrogens is 248 g/mol. The number of carbonyl (C=O) groups is 1. The van der Waals surface area contributed by atoms with Crippen molar-refractivity contribution in [1.29, 1.82) is 0 Å². The smallest absolute Gasteiger partial charge is 0.317 e. The van der Waals surface area contributed by atoms with E-state index in [1.54, 1.807) is 0 Å². The van der Waals surface area contributed by atoms with E-state index in [0.717, 1.165) is 31.7 Å². The molecule has 0 saturated carbocycles. The lowest BCUT2D eigenvalue weighted by Crippen LogP contribution is -2.50. The zero-order valence-corrected chi connectivity index (χ0v) is 12.5. The molecule has 0 aromatic carbocycles. The van der Waals surface area contributed by atoms with Crippen molar-refractivity contribution in [3.05, 3.63) is 0 Å². The zero-order chi connectivity index (χ0) is 13.5. The van der Waals surface area contributed by atoms with Crippen LogP contribution in [0.2, 0.25) is 0 Å². The van der Waals surface area contributed by atoms with Crippen LogP contribution in [0.15, 0.2) is 0 Å². The standard InChI is InChI=1S/C13H26N2O2S/c1-10(2)12-9-15(6-8-18-12)13(17)14-11(3)5-4-7-16/h10-12,16H,4-9H2,1-3H3,(H,14,17). The lowest BCUT2D eigenvalue weighted by atomic mass is 10.1. The lowest BCUT2D eigenvalue weighted by molar-refractivity contribution is 0.192. The summed E-state index contributed by atoms with van der Waals surface area (Å²) in [5, 5.41) is 12.3. The predicted octanol–water partition coefficient (Wildman–Crippen LogP) is 1.93. The predicted molar refractivity (Wildman–Crippen MR) is 77.0 cm³/mol. The number of rotatable bonds is 5. The van der Waals surface area contributed by atoms with Crippen molar-refractivity contribution in [3.8, 4) is 0 Å². The maximum Gasteiger partial charge on any atom is 0.317 e. The van der Waals surface area contributed by atoms with Gasteiger partial charge in [0, 0.05) is 36.7 Å². The second-order valence-corrected chi connectivity index (χ2v) is 6.66. The molecule has 4 nitrogen and oxygen atoms in total. The van der Waals surface area contributed by atoms with Gasteiger partial charge < -0.3 is 15.3 Å². The van der Waals surface area contributed by atoms with Gasteiger partial charge >= 0.3 is 6.03 Å². The molecule has 0 bridgehead atoms. The van der Waals surface area contributed by atoms with E-state index < -0.39 is 0 Å². The van der Waals surface area contributed by atoms with Gasteiger partial charge in [-0.25, -0.2) is 4.79 Å². The first-order valence-corrected chi connectivity index (χ1v) is 7.87. The van der Waals surface area contributed by atoms with Crippen molar-refractivity contribution >= 4 is 17.8 Å². The molecule has 1 saturated heterocycles. The highest BCUT2D eigenvalue weighted by Crippen LogP contribution is 2.24. The molecule has 1 aliphatic rings. The average Bonchev–Trinajstić information content (AvgIpc) is 2.36. The molecule has 5 heteroatoms. The number of nitrogens with zero attached hydrogens (tertiary/aromatic N) is 1. The van der Waals surface area contributed by atoms with Gasteiger partial charge in [-0.05, 0) is 25.7 Å². The highest BCUT2D eigenvalue weighted by molar-refractivity contribution is 8.00. The Bertz CT molecular complexity index is 261. The molecule has 1 aliphatic heterocycles. The minimum Gasteiger partial charge on any atom is -0.396 e. The molecule has 1 fully saturated rings. The van der Waals surface area contributed by atoms with E-state index in [-0.39, 0.29) is 18.7 Å². The van der Waals surface area contributed by atoms with Gasteiger partial charge in [-0.1, -0.05) is 13.8 Å². The van der Waals surface area contributed by atoms with Gasteiger partial charge in [-0.3, -0.25) is 0 Å². The Hall–Kier alpha value is -0.420. The monoisotopic (exact) mass is 274 g/mol. The molecular formula is C13H26N2O2S. The largest absolute Gasteiger partial charge is 0.396 e. The van der Waals surface area contributed by atoms with Crippen LogP contribution in [-0.2, 0) is 0 Å².